The first-order chi connectivity index (χ1) is 15.2. The molecular formula is C27H32N2O2. The zero-order valence-corrected chi connectivity index (χ0v) is 18.5. The van der Waals surface area contributed by atoms with Crippen LogP contribution in [0, 0.1) is 11.8 Å². The predicted octanol–water partition coefficient (Wildman–Crippen LogP) is 5.78. The van der Waals surface area contributed by atoms with Gasteiger partial charge in [-0.2, -0.15) is 0 Å². The average molecular weight is 417 g/mol. The van der Waals surface area contributed by atoms with Gasteiger partial charge >= 0.3 is 0 Å². The van der Waals surface area contributed by atoms with Crippen LogP contribution in [0.4, 0.5) is 5.69 Å². The highest BCUT2D eigenvalue weighted by Gasteiger charge is 2.39. The quantitative estimate of drug-likeness (QED) is 0.642. The first kappa shape index (κ1) is 20.2. The molecule has 162 valence electrons. The van der Waals surface area contributed by atoms with Crippen molar-refractivity contribution in [2.75, 3.05) is 25.0 Å². The highest BCUT2D eigenvalue weighted by atomic mass is 16.5. The van der Waals surface area contributed by atoms with Crippen LogP contribution in [0.25, 0.3) is 0 Å². The maximum absolute atomic E-state index is 13.2. The molecular weight excluding hydrogens is 384 g/mol. The molecule has 1 amide bonds. The van der Waals surface area contributed by atoms with Crippen LogP contribution in [0.15, 0.2) is 54.6 Å². The zero-order chi connectivity index (χ0) is 21.4. The number of anilines is 1. The third-order valence-electron chi connectivity index (χ3n) is 7.23. The van der Waals surface area contributed by atoms with Crippen LogP contribution in [0.1, 0.15) is 66.6 Å². The zero-order valence-electron chi connectivity index (χ0n) is 18.5. The van der Waals surface area contributed by atoms with Gasteiger partial charge in [0, 0.05) is 35.8 Å². The average Bonchev–Trinajstić information content (AvgIpc) is 3.29. The third-order valence-corrected chi connectivity index (χ3v) is 7.23. The summed E-state index contributed by atoms with van der Waals surface area (Å²) in [4.78, 5) is 15.2. The number of carbonyl (C=O) groups is 1. The number of nitrogens with one attached hydrogen (secondary N) is 1. The summed E-state index contributed by atoms with van der Waals surface area (Å²) < 4.78 is 5.94. The lowest BCUT2D eigenvalue weighted by molar-refractivity contribution is 0.0697. The first-order valence-corrected chi connectivity index (χ1v) is 11.7. The molecule has 0 spiro atoms. The van der Waals surface area contributed by atoms with E-state index in [1.54, 1.807) is 0 Å². The standard InChI is InChI=1S/C27H32N2O2/c1-3-31-25-10-5-4-7-22(25)26-21-9-6-8-20(21)23-17-19(11-12-24(23)28-26)27(30)29-15-13-18(2)14-16-29/h4-8,10-12,17-18,20-21,26,28H,3,9,13-16H2,1-2H3. The summed E-state index contributed by atoms with van der Waals surface area (Å²) in [7, 11) is 0. The van der Waals surface area contributed by atoms with Crippen LogP contribution < -0.4 is 10.1 Å². The van der Waals surface area contributed by atoms with Gasteiger partial charge in [-0.1, -0.05) is 37.3 Å². The molecule has 0 radical (unpaired) electrons. The molecule has 1 aliphatic carbocycles. The van der Waals surface area contributed by atoms with Gasteiger partial charge in [-0.25, -0.2) is 0 Å². The molecule has 5 rings (SSSR count). The van der Waals surface area contributed by atoms with Gasteiger partial charge in [0.1, 0.15) is 5.75 Å². The SMILES string of the molecule is CCOc1ccccc1C1Nc2ccc(C(=O)N3CCC(C)CC3)cc2C2C=CCC21. The molecule has 2 aromatic rings. The molecule has 0 aromatic heterocycles. The maximum Gasteiger partial charge on any atom is 0.253 e. The van der Waals surface area contributed by atoms with Gasteiger partial charge in [0.15, 0.2) is 0 Å². The second-order valence-corrected chi connectivity index (χ2v) is 9.22. The normalized spacial score (nSPS) is 25.0. The lowest BCUT2D eigenvalue weighted by Crippen LogP contribution is -2.38. The molecule has 0 bridgehead atoms. The van der Waals surface area contributed by atoms with Crippen LogP contribution in [0.3, 0.4) is 0 Å². The fraction of sp³-hybridized carbons (Fsp3) is 0.444. The van der Waals surface area contributed by atoms with Crippen LogP contribution >= 0.6 is 0 Å². The van der Waals surface area contributed by atoms with Crippen molar-refractivity contribution in [2.24, 2.45) is 11.8 Å². The highest BCUT2D eigenvalue weighted by molar-refractivity contribution is 5.95. The van der Waals surface area contributed by atoms with Gasteiger partial charge < -0.3 is 15.0 Å². The Morgan fingerprint density at radius 3 is 2.74 bits per heavy atom. The number of para-hydroxylation sites is 1. The molecule has 1 N–H and O–H groups in total. The van der Waals surface area contributed by atoms with Gasteiger partial charge in [-0.05, 0) is 67.9 Å². The van der Waals surface area contributed by atoms with Gasteiger partial charge in [-0.3, -0.25) is 4.79 Å². The fourth-order valence-electron chi connectivity index (χ4n) is 5.45. The van der Waals surface area contributed by atoms with Crippen LogP contribution in [-0.2, 0) is 0 Å². The molecule has 31 heavy (non-hydrogen) atoms. The number of nitrogens with zero attached hydrogens (tertiary/aromatic N) is 1. The number of hydrogen-bond acceptors (Lipinski definition) is 3. The molecule has 1 fully saturated rings. The summed E-state index contributed by atoms with van der Waals surface area (Å²) in [6.07, 6.45) is 7.87. The second kappa shape index (κ2) is 8.41. The Morgan fingerprint density at radius 1 is 1.13 bits per heavy atom. The summed E-state index contributed by atoms with van der Waals surface area (Å²) in [5, 5.41) is 3.79. The number of hydrogen-bond donors (Lipinski definition) is 1. The van der Waals surface area contributed by atoms with E-state index in [1.807, 2.05) is 24.0 Å². The minimum Gasteiger partial charge on any atom is -0.494 e. The van der Waals surface area contributed by atoms with E-state index in [0.717, 1.165) is 55.3 Å². The van der Waals surface area contributed by atoms with E-state index in [1.165, 1.54) is 11.1 Å². The summed E-state index contributed by atoms with van der Waals surface area (Å²) in [6, 6.07) is 14.8. The van der Waals surface area contributed by atoms with Gasteiger partial charge in [0.05, 0.1) is 12.6 Å². The number of amides is 1. The molecule has 4 heteroatoms. The Hall–Kier alpha value is -2.75. The number of benzene rings is 2. The Balaban J connectivity index is 1.45. The molecule has 4 nitrogen and oxygen atoms in total. The van der Waals surface area contributed by atoms with E-state index in [-0.39, 0.29) is 11.9 Å². The molecule has 0 saturated carbocycles. The van der Waals surface area contributed by atoms with Crippen LogP contribution in [0.5, 0.6) is 5.75 Å². The number of rotatable bonds is 4. The monoisotopic (exact) mass is 416 g/mol. The van der Waals surface area contributed by atoms with E-state index in [4.69, 9.17) is 4.74 Å². The van der Waals surface area contributed by atoms with Crippen LogP contribution in [0.2, 0.25) is 0 Å². The predicted molar refractivity (Wildman–Crippen MR) is 125 cm³/mol. The van der Waals surface area contributed by atoms with E-state index in [2.05, 4.69) is 54.7 Å². The van der Waals surface area contributed by atoms with Crippen molar-refractivity contribution < 1.29 is 9.53 Å². The van der Waals surface area contributed by atoms with Crippen molar-refractivity contribution in [1.29, 1.82) is 0 Å². The van der Waals surface area contributed by atoms with Crippen molar-refractivity contribution in [3.63, 3.8) is 0 Å². The third kappa shape index (κ3) is 3.73. The lowest BCUT2D eigenvalue weighted by Gasteiger charge is -2.38. The summed E-state index contributed by atoms with van der Waals surface area (Å²) in [5.41, 5.74) is 4.42. The number of likely N-dealkylation sites (tertiary alicyclic amines) is 1. The lowest BCUT2D eigenvalue weighted by atomic mass is 9.76. The number of fused-ring (bicyclic) bond motifs is 3. The molecule has 2 aliphatic heterocycles. The number of piperidine rings is 1. The molecule has 3 aliphatic rings. The van der Waals surface area contributed by atoms with Crippen molar-refractivity contribution >= 4 is 11.6 Å². The van der Waals surface area contributed by atoms with E-state index in [9.17, 15) is 4.79 Å². The van der Waals surface area contributed by atoms with Gasteiger partial charge in [0.2, 0.25) is 0 Å². The first-order valence-electron chi connectivity index (χ1n) is 11.7. The summed E-state index contributed by atoms with van der Waals surface area (Å²) in [5.74, 6) is 2.61. The van der Waals surface area contributed by atoms with Crippen molar-refractivity contribution in [3.8, 4) is 5.75 Å². The Morgan fingerprint density at radius 2 is 1.94 bits per heavy atom. The number of allylic oxidation sites excluding steroid dienone is 2. The molecule has 1 saturated heterocycles. The molecule has 3 atom stereocenters. The summed E-state index contributed by atoms with van der Waals surface area (Å²) >= 11 is 0. The van der Waals surface area contributed by atoms with Crippen molar-refractivity contribution in [3.05, 3.63) is 71.3 Å². The second-order valence-electron chi connectivity index (χ2n) is 9.22. The fourth-order valence-corrected chi connectivity index (χ4v) is 5.45. The van der Waals surface area contributed by atoms with Gasteiger partial charge in [0.25, 0.3) is 5.91 Å². The topological polar surface area (TPSA) is 41.6 Å². The smallest absolute Gasteiger partial charge is 0.253 e. The van der Waals surface area contributed by atoms with Crippen molar-refractivity contribution in [2.45, 2.75) is 45.1 Å². The number of ether oxygens (including phenoxy) is 1. The van der Waals surface area contributed by atoms with E-state index >= 15 is 0 Å². The Kier molecular flexibility index (Phi) is 5.47. The molecule has 2 heterocycles. The van der Waals surface area contributed by atoms with Gasteiger partial charge in [-0.15, -0.1) is 0 Å². The minimum atomic E-state index is 0.178. The van der Waals surface area contributed by atoms with E-state index in [0.29, 0.717) is 18.4 Å². The minimum absolute atomic E-state index is 0.178. The summed E-state index contributed by atoms with van der Waals surface area (Å²) in [6.45, 7) is 6.71. The van der Waals surface area contributed by atoms with Crippen molar-refractivity contribution in [1.82, 2.24) is 4.90 Å². The molecule has 3 unspecified atom stereocenters. The Labute approximate surface area is 185 Å². The van der Waals surface area contributed by atoms with E-state index < -0.39 is 0 Å². The van der Waals surface area contributed by atoms with Crippen LogP contribution in [-0.4, -0.2) is 30.5 Å². The molecule has 2 aromatic carbocycles. The maximum atomic E-state index is 13.2. The highest BCUT2D eigenvalue weighted by Crippen LogP contribution is 2.51. The number of carbonyl (C=O) groups excluding carboxylic acids is 1. The largest absolute Gasteiger partial charge is 0.494 e. The Bertz CT molecular complexity index is 990.